The SMILES string of the molecule is Cc1ccc(S(=O)(=O)Nc2ccc(Oc3ccc(-n4cnc(C)c4C)nn3)cc2)cc1C. The summed E-state index contributed by atoms with van der Waals surface area (Å²) < 4.78 is 35.5. The van der Waals surface area contributed by atoms with Gasteiger partial charge >= 0.3 is 0 Å². The van der Waals surface area contributed by atoms with Gasteiger partial charge in [0.15, 0.2) is 5.82 Å². The summed E-state index contributed by atoms with van der Waals surface area (Å²) >= 11 is 0. The molecule has 8 nitrogen and oxygen atoms in total. The molecule has 0 fully saturated rings. The Morgan fingerprint density at radius 2 is 1.62 bits per heavy atom. The lowest BCUT2D eigenvalue weighted by Crippen LogP contribution is -2.13. The lowest BCUT2D eigenvalue weighted by atomic mass is 10.1. The summed E-state index contributed by atoms with van der Waals surface area (Å²) in [5, 5.41) is 8.29. The predicted molar refractivity (Wildman–Crippen MR) is 122 cm³/mol. The minimum Gasteiger partial charge on any atom is -0.438 e. The van der Waals surface area contributed by atoms with E-state index in [9.17, 15) is 8.42 Å². The molecule has 4 aromatic rings. The number of nitrogens with one attached hydrogen (secondary N) is 1. The van der Waals surface area contributed by atoms with Crippen molar-refractivity contribution >= 4 is 15.7 Å². The van der Waals surface area contributed by atoms with Gasteiger partial charge in [-0.1, -0.05) is 6.07 Å². The van der Waals surface area contributed by atoms with Crippen molar-refractivity contribution in [3.63, 3.8) is 0 Å². The first-order valence-electron chi connectivity index (χ1n) is 9.95. The monoisotopic (exact) mass is 449 g/mol. The highest BCUT2D eigenvalue weighted by atomic mass is 32.2. The molecule has 0 radical (unpaired) electrons. The number of nitrogens with zero attached hydrogens (tertiary/aromatic N) is 4. The van der Waals surface area contributed by atoms with Crippen LogP contribution in [0.2, 0.25) is 0 Å². The molecule has 0 atom stereocenters. The number of sulfonamides is 1. The van der Waals surface area contributed by atoms with Gasteiger partial charge in [0.25, 0.3) is 10.0 Å². The molecule has 9 heteroatoms. The average molecular weight is 450 g/mol. The number of imidazole rings is 1. The Morgan fingerprint density at radius 3 is 2.22 bits per heavy atom. The highest BCUT2D eigenvalue weighted by molar-refractivity contribution is 7.92. The number of hydrogen-bond acceptors (Lipinski definition) is 6. The third-order valence-electron chi connectivity index (χ3n) is 5.24. The van der Waals surface area contributed by atoms with E-state index in [2.05, 4.69) is 19.9 Å². The van der Waals surface area contributed by atoms with Crippen LogP contribution in [0.25, 0.3) is 5.82 Å². The Hall–Kier alpha value is -3.72. The van der Waals surface area contributed by atoms with Crippen LogP contribution in [-0.2, 0) is 10.0 Å². The first-order chi connectivity index (χ1) is 15.2. The molecule has 0 aliphatic carbocycles. The Kier molecular flexibility index (Phi) is 5.67. The standard InChI is InChI=1S/C23H23N5O3S/c1-15-5-10-21(13-16(15)2)32(29,30)27-19-6-8-20(9-7-19)31-23-12-11-22(25-26-23)28-14-24-17(3)18(28)4/h5-14,27H,1-4H3. The van der Waals surface area contributed by atoms with Gasteiger partial charge < -0.3 is 4.74 Å². The van der Waals surface area contributed by atoms with Crippen LogP contribution in [-0.4, -0.2) is 28.2 Å². The Morgan fingerprint density at radius 1 is 0.875 bits per heavy atom. The van der Waals surface area contributed by atoms with Crippen molar-refractivity contribution in [2.75, 3.05) is 4.72 Å². The summed E-state index contributed by atoms with van der Waals surface area (Å²) in [4.78, 5) is 4.48. The van der Waals surface area contributed by atoms with Gasteiger partial charge in [0.2, 0.25) is 5.88 Å². The molecule has 0 bridgehead atoms. The lowest BCUT2D eigenvalue weighted by molar-refractivity contribution is 0.454. The molecule has 32 heavy (non-hydrogen) atoms. The zero-order chi connectivity index (χ0) is 22.9. The second kappa shape index (κ2) is 8.43. The van der Waals surface area contributed by atoms with E-state index in [0.29, 0.717) is 23.1 Å². The number of benzene rings is 2. The topological polar surface area (TPSA) is 99.0 Å². The molecule has 0 aliphatic rings. The van der Waals surface area contributed by atoms with Gasteiger partial charge in [-0.25, -0.2) is 13.4 Å². The molecule has 0 saturated carbocycles. The summed E-state index contributed by atoms with van der Waals surface area (Å²) in [5.41, 5.74) is 4.31. The van der Waals surface area contributed by atoms with Gasteiger partial charge in [0, 0.05) is 17.4 Å². The summed E-state index contributed by atoms with van der Waals surface area (Å²) in [7, 11) is -3.68. The second-order valence-electron chi connectivity index (χ2n) is 7.49. The third-order valence-corrected chi connectivity index (χ3v) is 6.62. The number of rotatable bonds is 6. The molecule has 2 heterocycles. The van der Waals surface area contributed by atoms with Crippen molar-refractivity contribution in [1.29, 1.82) is 0 Å². The van der Waals surface area contributed by atoms with E-state index in [1.54, 1.807) is 60.9 Å². The van der Waals surface area contributed by atoms with Crippen LogP contribution in [0.3, 0.4) is 0 Å². The molecule has 164 valence electrons. The van der Waals surface area contributed by atoms with Gasteiger partial charge in [0.05, 0.1) is 10.6 Å². The van der Waals surface area contributed by atoms with Crippen LogP contribution in [0.5, 0.6) is 11.6 Å². The first kappa shape index (κ1) is 21.5. The Bertz CT molecular complexity index is 1360. The van der Waals surface area contributed by atoms with E-state index in [1.165, 1.54) is 0 Å². The van der Waals surface area contributed by atoms with Crippen LogP contribution in [0.15, 0.2) is 65.8 Å². The van der Waals surface area contributed by atoms with Gasteiger partial charge in [-0.15, -0.1) is 10.2 Å². The maximum Gasteiger partial charge on any atom is 0.261 e. The number of aromatic nitrogens is 4. The summed E-state index contributed by atoms with van der Waals surface area (Å²) in [6, 6.07) is 15.1. The molecule has 2 aromatic carbocycles. The van der Waals surface area contributed by atoms with E-state index in [4.69, 9.17) is 4.74 Å². The Balaban J connectivity index is 1.44. The minimum atomic E-state index is -3.68. The van der Waals surface area contributed by atoms with Gasteiger partial charge in [-0.2, -0.15) is 0 Å². The molecule has 0 amide bonds. The van der Waals surface area contributed by atoms with Crippen LogP contribution >= 0.6 is 0 Å². The van der Waals surface area contributed by atoms with Gasteiger partial charge in [-0.3, -0.25) is 9.29 Å². The molecule has 0 spiro atoms. The molecule has 0 unspecified atom stereocenters. The maximum absolute atomic E-state index is 12.6. The first-order valence-corrected chi connectivity index (χ1v) is 11.4. The van der Waals surface area contributed by atoms with Crippen molar-refractivity contribution in [2.24, 2.45) is 0 Å². The zero-order valence-electron chi connectivity index (χ0n) is 18.2. The van der Waals surface area contributed by atoms with Crippen molar-refractivity contribution < 1.29 is 13.2 Å². The number of anilines is 1. The predicted octanol–water partition coefficient (Wildman–Crippen LogP) is 4.49. The van der Waals surface area contributed by atoms with Gasteiger partial charge in [0.1, 0.15) is 12.1 Å². The third kappa shape index (κ3) is 4.47. The average Bonchev–Trinajstić information content (AvgIpc) is 3.10. The van der Waals surface area contributed by atoms with E-state index in [-0.39, 0.29) is 4.90 Å². The summed E-state index contributed by atoms with van der Waals surface area (Å²) in [6.45, 7) is 7.72. The molecule has 0 aliphatic heterocycles. The fourth-order valence-electron chi connectivity index (χ4n) is 3.03. The highest BCUT2D eigenvalue weighted by Crippen LogP contribution is 2.24. The van der Waals surface area contributed by atoms with Crippen molar-refractivity contribution in [2.45, 2.75) is 32.6 Å². The molecular weight excluding hydrogens is 426 g/mol. The summed E-state index contributed by atoms with van der Waals surface area (Å²) in [5.74, 6) is 1.48. The van der Waals surface area contributed by atoms with Crippen LogP contribution < -0.4 is 9.46 Å². The fraction of sp³-hybridized carbons (Fsp3) is 0.174. The highest BCUT2D eigenvalue weighted by Gasteiger charge is 2.15. The van der Waals surface area contributed by atoms with E-state index in [1.807, 2.05) is 32.3 Å². The molecule has 2 aromatic heterocycles. The quantitative estimate of drug-likeness (QED) is 0.466. The number of ether oxygens (including phenoxy) is 1. The van der Waals surface area contributed by atoms with E-state index >= 15 is 0 Å². The fourth-order valence-corrected chi connectivity index (χ4v) is 4.18. The van der Waals surface area contributed by atoms with Crippen molar-refractivity contribution in [3.05, 3.63) is 83.4 Å². The second-order valence-corrected chi connectivity index (χ2v) is 9.18. The van der Waals surface area contributed by atoms with Crippen molar-refractivity contribution in [1.82, 2.24) is 19.7 Å². The van der Waals surface area contributed by atoms with E-state index < -0.39 is 10.0 Å². The Labute approximate surface area is 187 Å². The van der Waals surface area contributed by atoms with Crippen molar-refractivity contribution in [3.8, 4) is 17.4 Å². The molecule has 0 saturated heterocycles. The smallest absolute Gasteiger partial charge is 0.261 e. The largest absolute Gasteiger partial charge is 0.438 e. The maximum atomic E-state index is 12.6. The number of hydrogen-bond donors (Lipinski definition) is 1. The lowest BCUT2D eigenvalue weighted by Gasteiger charge is -2.11. The number of aryl methyl sites for hydroxylation is 3. The molecular formula is C23H23N5O3S. The zero-order valence-corrected chi connectivity index (χ0v) is 19.0. The summed E-state index contributed by atoms with van der Waals surface area (Å²) in [6.07, 6.45) is 1.70. The molecule has 4 rings (SSSR count). The molecule has 1 N–H and O–H groups in total. The minimum absolute atomic E-state index is 0.222. The van der Waals surface area contributed by atoms with Crippen LogP contribution in [0, 0.1) is 27.7 Å². The van der Waals surface area contributed by atoms with Gasteiger partial charge in [-0.05, 0) is 81.3 Å². The van der Waals surface area contributed by atoms with Crippen LogP contribution in [0.4, 0.5) is 5.69 Å². The van der Waals surface area contributed by atoms with E-state index in [0.717, 1.165) is 22.5 Å². The normalized spacial score (nSPS) is 11.4. The van der Waals surface area contributed by atoms with Crippen LogP contribution in [0.1, 0.15) is 22.5 Å².